The molecule has 0 heterocycles. The summed E-state index contributed by atoms with van der Waals surface area (Å²) in [5, 5.41) is 8.14. The second-order valence-corrected chi connectivity index (χ2v) is 1.58. The van der Waals surface area contributed by atoms with Crippen molar-refractivity contribution in [3.8, 4) is 0 Å². The molecule has 0 saturated heterocycles. The fourth-order valence-electron chi connectivity index (χ4n) is 0. The van der Waals surface area contributed by atoms with Crippen LogP contribution in [0.5, 0.6) is 0 Å². The van der Waals surface area contributed by atoms with E-state index in [9.17, 15) is 0 Å². The van der Waals surface area contributed by atoms with Crippen LogP contribution in [-0.4, -0.2) is 22.7 Å². The SMILES string of the molecule is CC(C)CO.O.O. The molecule has 5 N–H and O–H groups in total. The average Bonchev–Trinajstić information content (AvgIpc) is 1.38. The summed E-state index contributed by atoms with van der Waals surface area (Å²) in [6, 6.07) is 0. The van der Waals surface area contributed by atoms with Crippen LogP contribution in [0.15, 0.2) is 0 Å². The Morgan fingerprint density at radius 2 is 1.43 bits per heavy atom. The Bertz CT molecular complexity index is 20.9. The third kappa shape index (κ3) is 25.0. The summed E-state index contributed by atoms with van der Waals surface area (Å²) in [6.07, 6.45) is 0. The van der Waals surface area contributed by atoms with E-state index in [4.69, 9.17) is 5.11 Å². The first-order valence-electron chi connectivity index (χ1n) is 1.88. The molecule has 0 saturated carbocycles. The lowest BCUT2D eigenvalue weighted by atomic mass is 10.2. The van der Waals surface area contributed by atoms with E-state index < -0.39 is 0 Å². The first kappa shape index (κ1) is 15.8. The molecule has 3 heteroatoms. The fourth-order valence-corrected chi connectivity index (χ4v) is 0. The first-order chi connectivity index (χ1) is 2.27. The van der Waals surface area contributed by atoms with Crippen molar-refractivity contribution in [3.05, 3.63) is 0 Å². The molecule has 0 bridgehead atoms. The highest BCUT2D eigenvalue weighted by Gasteiger charge is 1.81. The Morgan fingerprint density at radius 3 is 1.43 bits per heavy atom. The fraction of sp³-hybridized carbons (Fsp3) is 1.00. The van der Waals surface area contributed by atoms with Gasteiger partial charge in [-0.15, -0.1) is 0 Å². The summed E-state index contributed by atoms with van der Waals surface area (Å²) in [6.45, 7) is 4.25. The van der Waals surface area contributed by atoms with Crippen LogP contribution in [-0.2, 0) is 0 Å². The van der Waals surface area contributed by atoms with Gasteiger partial charge in [0.2, 0.25) is 0 Å². The number of rotatable bonds is 1. The smallest absolute Gasteiger partial charge is 0.0453 e. The quantitative estimate of drug-likeness (QED) is 0.460. The number of aliphatic hydroxyl groups excluding tert-OH is 1. The molecule has 7 heavy (non-hydrogen) atoms. The van der Waals surface area contributed by atoms with Gasteiger partial charge < -0.3 is 16.1 Å². The second-order valence-electron chi connectivity index (χ2n) is 1.58. The molecule has 3 nitrogen and oxygen atoms in total. The van der Waals surface area contributed by atoms with E-state index in [1.54, 1.807) is 0 Å². The lowest BCUT2D eigenvalue weighted by molar-refractivity contribution is 0.248. The summed E-state index contributed by atoms with van der Waals surface area (Å²) in [5.74, 6) is 0.440. The molecule has 0 atom stereocenters. The van der Waals surface area contributed by atoms with Gasteiger partial charge in [0, 0.05) is 6.61 Å². The lowest BCUT2D eigenvalue weighted by Gasteiger charge is -1.90. The van der Waals surface area contributed by atoms with Crippen molar-refractivity contribution < 1.29 is 16.1 Å². The molecule has 0 radical (unpaired) electrons. The zero-order valence-corrected chi connectivity index (χ0v) is 4.73. The maximum atomic E-state index is 8.14. The summed E-state index contributed by atoms with van der Waals surface area (Å²) in [7, 11) is 0. The molecule has 0 aromatic heterocycles. The van der Waals surface area contributed by atoms with Gasteiger partial charge in [-0.05, 0) is 5.92 Å². The lowest BCUT2D eigenvalue weighted by Crippen LogP contribution is -1.90. The van der Waals surface area contributed by atoms with Crippen LogP contribution in [0, 0.1) is 5.92 Å². The highest BCUT2D eigenvalue weighted by molar-refractivity contribution is 4.32. The first-order valence-corrected chi connectivity index (χ1v) is 1.88. The predicted molar refractivity (Wildman–Crippen MR) is 29.2 cm³/mol. The largest absolute Gasteiger partial charge is 0.412 e. The minimum absolute atomic E-state index is 0. The number of hydrogen-bond donors (Lipinski definition) is 1. The molecular formula is C4H14O3. The minimum Gasteiger partial charge on any atom is -0.412 e. The van der Waals surface area contributed by atoms with Crippen LogP contribution in [0.3, 0.4) is 0 Å². The molecule has 0 aliphatic heterocycles. The molecule has 0 aromatic rings. The van der Waals surface area contributed by atoms with E-state index in [1.807, 2.05) is 13.8 Å². The third-order valence-corrected chi connectivity index (χ3v) is 0.365. The zero-order chi connectivity index (χ0) is 4.28. The second kappa shape index (κ2) is 9.30. The maximum Gasteiger partial charge on any atom is 0.0453 e. The summed E-state index contributed by atoms with van der Waals surface area (Å²) in [4.78, 5) is 0. The molecule has 0 rings (SSSR count). The van der Waals surface area contributed by atoms with Gasteiger partial charge in [-0.3, -0.25) is 0 Å². The summed E-state index contributed by atoms with van der Waals surface area (Å²) in [5.41, 5.74) is 0. The average molecular weight is 110 g/mol. The van der Waals surface area contributed by atoms with Crippen LogP contribution in [0.2, 0.25) is 0 Å². The van der Waals surface area contributed by atoms with E-state index in [-0.39, 0.29) is 11.0 Å². The van der Waals surface area contributed by atoms with Crippen molar-refractivity contribution in [3.63, 3.8) is 0 Å². The number of aliphatic hydroxyl groups is 1. The molecule has 0 spiro atoms. The molecule has 0 aliphatic carbocycles. The Labute approximate surface area is 43.6 Å². The van der Waals surface area contributed by atoms with Crippen molar-refractivity contribution in [2.24, 2.45) is 5.92 Å². The van der Waals surface area contributed by atoms with Gasteiger partial charge in [0.25, 0.3) is 0 Å². The third-order valence-electron chi connectivity index (χ3n) is 0.365. The summed E-state index contributed by atoms with van der Waals surface area (Å²) < 4.78 is 0. The van der Waals surface area contributed by atoms with Gasteiger partial charge in [0.15, 0.2) is 0 Å². The molecular weight excluding hydrogens is 96.0 g/mol. The van der Waals surface area contributed by atoms with Crippen LogP contribution in [0.4, 0.5) is 0 Å². The minimum atomic E-state index is 0. The van der Waals surface area contributed by atoms with E-state index in [1.165, 1.54) is 0 Å². The van der Waals surface area contributed by atoms with Crippen LogP contribution < -0.4 is 0 Å². The standard InChI is InChI=1S/C4H10O.2H2O/c1-4(2)3-5;;/h4-5H,3H2,1-2H3;2*1H2. The van der Waals surface area contributed by atoms with Crippen molar-refractivity contribution in [2.45, 2.75) is 13.8 Å². The molecule has 0 aliphatic rings. The van der Waals surface area contributed by atoms with Gasteiger partial charge in [0.1, 0.15) is 0 Å². The Morgan fingerprint density at radius 1 is 1.29 bits per heavy atom. The zero-order valence-electron chi connectivity index (χ0n) is 4.73. The summed E-state index contributed by atoms with van der Waals surface area (Å²) >= 11 is 0. The van der Waals surface area contributed by atoms with Crippen LogP contribution >= 0.6 is 0 Å². The van der Waals surface area contributed by atoms with E-state index in [0.29, 0.717) is 12.5 Å². The Balaban J connectivity index is -0.0000000800. The highest BCUT2D eigenvalue weighted by Crippen LogP contribution is 1.83. The van der Waals surface area contributed by atoms with Crippen molar-refractivity contribution >= 4 is 0 Å². The molecule has 0 aromatic carbocycles. The predicted octanol–water partition coefficient (Wildman–Crippen LogP) is -1.01. The molecule has 48 valence electrons. The van der Waals surface area contributed by atoms with Gasteiger partial charge in [-0.2, -0.15) is 0 Å². The molecule has 0 unspecified atom stereocenters. The van der Waals surface area contributed by atoms with Crippen LogP contribution in [0.25, 0.3) is 0 Å². The van der Waals surface area contributed by atoms with E-state index >= 15 is 0 Å². The normalized spacial score (nSPS) is 6.86. The molecule has 0 fully saturated rings. The van der Waals surface area contributed by atoms with Gasteiger partial charge in [-0.1, -0.05) is 13.8 Å². The maximum absolute atomic E-state index is 8.14. The van der Waals surface area contributed by atoms with Crippen LogP contribution in [0.1, 0.15) is 13.8 Å². The Hall–Kier alpha value is -0.120. The van der Waals surface area contributed by atoms with Crippen molar-refractivity contribution in [2.75, 3.05) is 6.61 Å². The topological polar surface area (TPSA) is 83.2 Å². The molecule has 0 amide bonds. The van der Waals surface area contributed by atoms with Gasteiger partial charge in [-0.25, -0.2) is 0 Å². The van der Waals surface area contributed by atoms with E-state index in [0.717, 1.165) is 0 Å². The van der Waals surface area contributed by atoms with Crippen molar-refractivity contribution in [1.82, 2.24) is 0 Å². The highest BCUT2D eigenvalue weighted by atomic mass is 16.3. The van der Waals surface area contributed by atoms with E-state index in [2.05, 4.69) is 0 Å². The monoisotopic (exact) mass is 110 g/mol. The van der Waals surface area contributed by atoms with Gasteiger partial charge >= 0.3 is 0 Å². The number of hydrogen-bond acceptors (Lipinski definition) is 1. The van der Waals surface area contributed by atoms with Gasteiger partial charge in [0.05, 0.1) is 0 Å². The Kier molecular flexibility index (Phi) is 21.0. The van der Waals surface area contributed by atoms with Crippen molar-refractivity contribution in [1.29, 1.82) is 0 Å².